The van der Waals surface area contributed by atoms with Gasteiger partial charge in [0.1, 0.15) is 5.82 Å². The summed E-state index contributed by atoms with van der Waals surface area (Å²) < 4.78 is 13.9. The maximum atomic E-state index is 13.2. The summed E-state index contributed by atoms with van der Waals surface area (Å²) >= 11 is 2.06. The Morgan fingerprint density at radius 3 is 2.44 bits per heavy atom. The van der Waals surface area contributed by atoms with Gasteiger partial charge in [-0.05, 0) is 53.3 Å². The van der Waals surface area contributed by atoms with Crippen LogP contribution in [0.25, 0.3) is 0 Å². The maximum absolute atomic E-state index is 13.2. The first-order chi connectivity index (χ1) is 8.69. The van der Waals surface area contributed by atoms with Gasteiger partial charge in [0.05, 0.1) is 0 Å². The predicted molar refractivity (Wildman–Crippen MR) is 81.1 cm³/mol. The van der Waals surface area contributed by atoms with Crippen molar-refractivity contribution in [3.8, 4) is 0 Å². The summed E-state index contributed by atoms with van der Waals surface area (Å²) in [7, 11) is 0. The zero-order valence-electron chi connectivity index (χ0n) is 10.8. The second-order valence-corrected chi connectivity index (χ2v) is 6.03. The Morgan fingerprint density at radius 1 is 1.17 bits per heavy atom. The Bertz CT molecular complexity index is 389. The molecule has 2 rings (SSSR count). The fraction of sp³-hybridized carbons (Fsp3) is 0.571. The quantitative estimate of drug-likeness (QED) is 0.760. The minimum atomic E-state index is -0.118. The first-order valence-electron chi connectivity index (χ1n) is 6.57. The van der Waals surface area contributed by atoms with Gasteiger partial charge in [0.25, 0.3) is 0 Å². The third-order valence-electron chi connectivity index (χ3n) is 3.39. The molecular formula is C14H20FIN2. The molecule has 1 aromatic carbocycles. The van der Waals surface area contributed by atoms with Crippen LogP contribution in [0.4, 0.5) is 4.39 Å². The van der Waals surface area contributed by atoms with Crippen LogP contribution in [0, 0.1) is 9.39 Å². The number of rotatable bonds is 4. The van der Waals surface area contributed by atoms with E-state index in [1.54, 1.807) is 6.07 Å². The molecule has 0 saturated carbocycles. The van der Waals surface area contributed by atoms with Gasteiger partial charge in [-0.25, -0.2) is 4.39 Å². The average molecular weight is 362 g/mol. The van der Waals surface area contributed by atoms with Crippen LogP contribution < -0.4 is 0 Å². The lowest BCUT2D eigenvalue weighted by atomic mass is 10.2. The van der Waals surface area contributed by atoms with E-state index in [2.05, 4.69) is 39.3 Å². The molecule has 4 heteroatoms. The summed E-state index contributed by atoms with van der Waals surface area (Å²) in [6.45, 7) is 8.94. The molecular weight excluding hydrogens is 342 g/mol. The largest absolute Gasteiger partial charge is 0.301 e. The lowest BCUT2D eigenvalue weighted by molar-refractivity contribution is 0.127. The Balaban J connectivity index is 1.85. The molecule has 0 amide bonds. The second-order valence-electron chi connectivity index (χ2n) is 4.87. The highest BCUT2D eigenvalue weighted by atomic mass is 127. The van der Waals surface area contributed by atoms with Gasteiger partial charge < -0.3 is 4.90 Å². The van der Waals surface area contributed by atoms with Gasteiger partial charge in [-0.3, -0.25) is 4.90 Å². The van der Waals surface area contributed by atoms with Crippen molar-refractivity contribution >= 4 is 22.6 Å². The van der Waals surface area contributed by atoms with E-state index in [9.17, 15) is 4.39 Å². The number of halogens is 2. The highest BCUT2D eigenvalue weighted by molar-refractivity contribution is 14.1. The van der Waals surface area contributed by atoms with Crippen LogP contribution in [0.5, 0.6) is 0 Å². The molecule has 2 nitrogen and oxygen atoms in total. The van der Waals surface area contributed by atoms with Crippen LogP contribution in [0.2, 0.25) is 0 Å². The molecule has 0 aromatic heterocycles. The van der Waals surface area contributed by atoms with Gasteiger partial charge in [0, 0.05) is 36.3 Å². The molecule has 0 bridgehead atoms. The van der Waals surface area contributed by atoms with E-state index in [1.165, 1.54) is 18.5 Å². The van der Waals surface area contributed by atoms with Crippen LogP contribution in [-0.2, 0) is 6.54 Å². The SMILES string of the molecule is CCCN1CCN(Cc2ccc(F)c(I)c2)CC1. The standard InChI is InChI=1S/C14H20FIN2/c1-2-5-17-6-8-18(9-7-17)11-12-3-4-13(15)14(16)10-12/h3-4,10H,2,5-9,11H2,1H3. The van der Waals surface area contributed by atoms with Crippen molar-refractivity contribution in [3.05, 3.63) is 33.1 Å². The van der Waals surface area contributed by atoms with Gasteiger partial charge >= 0.3 is 0 Å². The van der Waals surface area contributed by atoms with Crippen molar-refractivity contribution in [1.29, 1.82) is 0 Å². The van der Waals surface area contributed by atoms with E-state index in [-0.39, 0.29) is 5.82 Å². The van der Waals surface area contributed by atoms with Gasteiger partial charge in [-0.2, -0.15) is 0 Å². The summed E-state index contributed by atoms with van der Waals surface area (Å²) in [4.78, 5) is 4.97. The molecule has 1 aromatic rings. The average Bonchev–Trinajstić information content (AvgIpc) is 2.37. The van der Waals surface area contributed by atoms with E-state index >= 15 is 0 Å². The minimum Gasteiger partial charge on any atom is -0.301 e. The number of benzene rings is 1. The summed E-state index contributed by atoms with van der Waals surface area (Å²) in [5.74, 6) is -0.118. The van der Waals surface area contributed by atoms with Crippen LogP contribution in [-0.4, -0.2) is 42.5 Å². The van der Waals surface area contributed by atoms with E-state index in [1.807, 2.05) is 12.1 Å². The fourth-order valence-electron chi connectivity index (χ4n) is 2.38. The molecule has 1 aliphatic heterocycles. The Morgan fingerprint density at radius 2 is 1.83 bits per heavy atom. The van der Waals surface area contributed by atoms with Crippen molar-refractivity contribution in [2.45, 2.75) is 19.9 Å². The minimum absolute atomic E-state index is 0.118. The zero-order valence-corrected chi connectivity index (χ0v) is 13.0. The van der Waals surface area contributed by atoms with Gasteiger partial charge in [0.15, 0.2) is 0 Å². The smallest absolute Gasteiger partial charge is 0.136 e. The van der Waals surface area contributed by atoms with Crippen LogP contribution >= 0.6 is 22.6 Å². The molecule has 1 fully saturated rings. The summed E-state index contributed by atoms with van der Waals surface area (Å²) in [6, 6.07) is 5.43. The third-order valence-corrected chi connectivity index (χ3v) is 4.22. The van der Waals surface area contributed by atoms with E-state index in [0.717, 1.165) is 36.3 Å². The topological polar surface area (TPSA) is 6.48 Å². The number of piperazine rings is 1. The van der Waals surface area contributed by atoms with E-state index < -0.39 is 0 Å². The molecule has 1 aliphatic rings. The van der Waals surface area contributed by atoms with Gasteiger partial charge in [-0.1, -0.05) is 13.0 Å². The predicted octanol–water partition coefficient (Wildman–Crippen LogP) is 2.96. The van der Waals surface area contributed by atoms with Gasteiger partial charge in [-0.15, -0.1) is 0 Å². The number of nitrogens with zero attached hydrogens (tertiary/aromatic N) is 2. The maximum Gasteiger partial charge on any atom is 0.136 e. The van der Waals surface area contributed by atoms with Crippen molar-refractivity contribution in [2.24, 2.45) is 0 Å². The molecule has 1 saturated heterocycles. The van der Waals surface area contributed by atoms with Crippen LogP contribution in [0.15, 0.2) is 18.2 Å². The number of hydrogen-bond acceptors (Lipinski definition) is 2. The monoisotopic (exact) mass is 362 g/mol. The molecule has 0 unspecified atom stereocenters. The lowest BCUT2D eigenvalue weighted by Crippen LogP contribution is -2.45. The van der Waals surface area contributed by atoms with Crippen LogP contribution in [0.3, 0.4) is 0 Å². The summed E-state index contributed by atoms with van der Waals surface area (Å²) in [6.07, 6.45) is 1.23. The molecule has 0 radical (unpaired) electrons. The van der Waals surface area contributed by atoms with Crippen molar-refractivity contribution in [1.82, 2.24) is 9.80 Å². The van der Waals surface area contributed by atoms with Crippen LogP contribution in [0.1, 0.15) is 18.9 Å². The molecule has 0 aliphatic carbocycles. The lowest BCUT2D eigenvalue weighted by Gasteiger charge is -2.34. The fourth-order valence-corrected chi connectivity index (χ4v) is 2.96. The van der Waals surface area contributed by atoms with Crippen molar-refractivity contribution < 1.29 is 4.39 Å². The van der Waals surface area contributed by atoms with E-state index in [4.69, 9.17) is 0 Å². The molecule has 0 N–H and O–H groups in total. The summed E-state index contributed by atoms with van der Waals surface area (Å²) in [5, 5.41) is 0. The zero-order chi connectivity index (χ0) is 13.0. The van der Waals surface area contributed by atoms with Crippen molar-refractivity contribution in [2.75, 3.05) is 32.7 Å². The van der Waals surface area contributed by atoms with Gasteiger partial charge in [0.2, 0.25) is 0 Å². The Kier molecular flexibility index (Phi) is 5.38. The number of hydrogen-bond donors (Lipinski definition) is 0. The molecule has 100 valence electrons. The highest BCUT2D eigenvalue weighted by Gasteiger charge is 2.16. The Labute approximate surface area is 122 Å². The Hall–Kier alpha value is -0.200. The van der Waals surface area contributed by atoms with Crippen molar-refractivity contribution in [3.63, 3.8) is 0 Å². The third kappa shape index (κ3) is 3.90. The first-order valence-corrected chi connectivity index (χ1v) is 7.65. The molecule has 0 spiro atoms. The molecule has 18 heavy (non-hydrogen) atoms. The molecule has 1 heterocycles. The summed E-state index contributed by atoms with van der Waals surface area (Å²) in [5.41, 5.74) is 1.21. The second kappa shape index (κ2) is 6.82. The molecule has 0 atom stereocenters. The first kappa shape index (κ1) is 14.2. The normalized spacial score (nSPS) is 18.2. The van der Waals surface area contributed by atoms with E-state index in [0.29, 0.717) is 0 Å². The highest BCUT2D eigenvalue weighted by Crippen LogP contribution is 2.15.